The summed E-state index contributed by atoms with van der Waals surface area (Å²) in [5.41, 5.74) is 2.95. The summed E-state index contributed by atoms with van der Waals surface area (Å²) in [7, 11) is 1.62. The van der Waals surface area contributed by atoms with Crippen LogP contribution in [0.1, 0.15) is 46.4 Å². The van der Waals surface area contributed by atoms with Crippen molar-refractivity contribution in [1.82, 2.24) is 19.6 Å². The van der Waals surface area contributed by atoms with Crippen molar-refractivity contribution in [3.8, 4) is 5.75 Å². The third-order valence-electron chi connectivity index (χ3n) is 5.56. The van der Waals surface area contributed by atoms with Gasteiger partial charge in [0.15, 0.2) is 16.6 Å². The Labute approximate surface area is 182 Å². The molecule has 0 spiro atoms. The highest BCUT2D eigenvalue weighted by atomic mass is 32.2. The number of rotatable bonds is 6. The summed E-state index contributed by atoms with van der Waals surface area (Å²) >= 11 is 3.23. The van der Waals surface area contributed by atoms with E-state index in [1.807, 2.05) is 11.3 Å². The Kier molecular flexibility index (Phi) is 5.20. The van der Waals surface area contributed by atoms with Crippen molar-refractivity contribution in [2.45, 2.75) is 44.2 Å². The molecule has 4 aromatic rings. The Bertz CT molecular complexity index is 1240. The summed E-state index contributed by atoms with van der Waals surface area (Å²) in [6.45, 7) is 2.10. The van der Waals surface area contributed by atoms with Crippen molar-refractivity contribution in [3.05, 3.63) is 46.1 Å². The smallest absolute Gasteiger partial charge is 0.197 e. The first-order valence-electron chi connectivity index (χ1n) is 10.2. The van der Waals surface area contributed by atoms with Gasteiger partial charge in [-0.15, -0.1) is 21.5 Å². The van der Waals surface area contributed by atoms with E-state index in [0.29, 0.717) is 11.3 Å². The molecule has 1 aliphatic rings. The molecule has 0 saturated carbocycles. The Balaban J connectivity index is 1.49. The van der Waals surface area contributed by atoms with Crippen LogP contribution in [0.3, 0.4) is 0 Å². The fraction of sp³-hybridized carbons (Fsp3) is 0.364. The number of benzene rings is 1. The summed E-state index contributed by atoms with van der Waals surface area (Å²) < 4.78 is 7.22. The summed E-state index contributed by atoms with van der Waals surface area (Å²) in [5.74, 6) is 2.04. The summed E-state index contributed by atoms with van der Waals surface area (Å²) in [5, 5.41) is 10.9. The molecule has 0 fully saturated rings. The topological polar surface area (TPSA) is 69.4 Å². The molecule has 1 aromatic carbocycles. The Hall–Kier alpha value is -2.45. The Morgan fingerprint density at radius 1 is 1.20 bits per heavy atom. The minimum Gasteiger partial charge on any atom is -0.497 e. The lowest BCUT2D eigenvalue weighted by Gasteiger charge is -2.11. The van der Waals surface area contributed by atoms with E-state index >= 15 is 0 Å². The first-order chi connectivity index (χ1) is 14.7. The molecule has 0 amide bonds. The number of Topliss-reactive ketones (excluding diaryl/α,β-unsaturated/α-hetero) is 1. The first-order valence-corrected chi connectivity index (χ1v) is 12.0. The third-order valence-corrected chi connectivity index (χ3v) is 7.67. The van der Waals surface area contributed by atoms with Gasteiger partial charge >= 0.3 is 0 Å². The number of thiophene rings is 1. The zero-order valence-corrected chi connectivity index (χ0v) is 18.6. The quantitative estimate of drug-likeness (QED) is 0.319. The van der Waals surface area contributed by atoms with Gasteiger partial charge in [0.1, 0.15) is 16.4 Å². The molecule has 0 radical (unpaired) electrons. The van der Waals surface area contributed by atoms with Crippen LogP contribution >= 0.6 is 23.1 Å². The number of hydrogen-bond donors (Lipinski definition) is 0. The molecule has 8 heteroatoms. The van der Waals surface area contributed by atoms with Gasteiger partial charge in [-0.05, 0) is 55.5 Å². The van der Waals surface area contributed by atoms with E-state index < -0.39 is 0 Å². The number of aromatic nitrogens is 4. The highest BCUT2D eigenvalue weighted by Gasteiger charge is 2.23. The second-order valence-corrected chi connectivity index (χ2v) is 9.38. The SMILES string of the molecule is CCc1nc2sc3c(c2c2nnc(SCC(=O)c4ccc(OC)cc4)n12)CCCC3. The van der Waals surface area contributed by atoms with Crippen molar-refractivity contribution in [2.75, 3.05) is 12.9 Å². The first kappa shape index (κ1) is 19.5. The van der Waals surface area contributed by atoms with Gasteiger partial charge in [0.25, 0.3) is 0 Å². The van der Waals surface area contributed by atoms with Crippen LogP contribution < -0.4 is 4.74 Å². The normalized spacial score (nSPS) is 13.7. The number of carbonyl (C=O) groups is 1. The largest absolute Gasteiger partial charge is 0.497 e. The van der Waals surface area contributed by atoms with E-state index in [1.54, 1.807) is 31.4 Å². The minimum atomic E-state index is 0.0550. The lowest BCUT2D eigenvalue weighted by Crippen LogP contribution is -2.05. The van der Waals surface area contributed by atoms with E-state index in [9.17, 15) is 4.79 Å². The van der Waals surface area contributed by atoms with Gasteiger partial charge in [0.2, 0.25) is 0 Å². The van der Waals surface area contributed by atoms with Crippen LogP contribution in [0.15, 0.2) is 29.4 Å². The molecule has 30 heavy (non-hydrogen) atoms. The van der Waals surface area contributed by atoms with Crippen LogP contribution in [-0.4, -0.2) is 38.2 Å². The van der Waals surface area contributed by atoms with E-state index in [-0.39, 0.29) is 5.78 Å². The van der Waals surface area contributed by atoms with Gasteiger partial charge < -0.3 is 4.74 Å². The molecule has 3 heterocycles. The zero-order valence-electron chi connectivity index (χ0n) is 17.0. The number of ketones is 1. The molecule has 1 aliphatic carbocycles. The maximum absolute atomic E-state index is 12.7. The number of methoxy groups -OCH3 is 1. The van der Waals surface area contributed by atoms with Gasteiger partial charge in [-0.1, -0.05) is 18.7 Å². The standard InChI is InChI=1S/C22H22N4O2S2/c1-3-18-23-21-19(15-6-4-5-7-17(15)30-21)20-24-25-22(26(18)20)29-12-16(27)13-8-10-14(28-2)11-9-13/h8-11H,3-7,12H2,1-2H3. The van der Waals surface area contributed by atoms with Gasteiger partial charge in [0, 0.05) is 16.9 Å². The molecule has 0 atom stereocenters. The minimum absolute atomic E-state index is 0.0550. The van der Waals surface area contributed by atoms with Gasteiger partial charge in [-0.3, -0.25) is 9.20 Å². The molecule has 6 nitrogen and oxygen atoms in total. The average molecular weight is 439 g/mol. The van der Waals surface area contributed by atoms with Crippen LogP contribution in [0.2, 0.25) is 0 Å². The molecule has 3 aromatic heterocycles. The van der Waals surface area contributed by atoms with Crippen LogP contribution in [0, 0.1) is 0 Å². The number of fused-ring (bicyclic) bond motifs is 5. The zero-order chi connectivity index (χ0) is 20.7. The van der Waals surface area contributed by atoms with Gasteiger partial charge in [-0.2, -0.15) is 0 Å². The van der Waals surface area contributed by atoms with Crippen molar-refractivity contribution in [3.63, 3.8) is 0 Å². The molecule has 0 aliphatic heterocycles. The predicted octanol–water partition coefficient (Wildman–Crippen LogP) is 4.76. The van der Waals surface area contributed by atoms with Gasteiger partial charge in [0.05, 0.1) is 18.2 Å². The fourth-order valence-electron chi connectivity index (χ4n) is 4.01. The number of ether oxygens (including phenoxy) is 1. The lowest BCUT2D eigenvalue weighted by atomic mass is 9.97. The lowest BCUT2D eigenvalue weighted by molar-refractivity contribution is 0.102. The Morgan fingerprint density at radius 2 is 2.00 bits per heavy atom. The van der Waals surface area contributed by atoms with E-state index in [4.69, 9.17) is 9.72 Å². The number of aryl methyl sites for hydroxylation is 3. The van der Waals surface area contributed by atoms with E-state index in [0.717, 1.165) is 51.9 Å². The second kappa shape index (κ2) is 8.00. The van der Waals surface area contributed by atoms with Crippen LogP contribution in [-0.2, 0) is 19.3 Å². The maximum atomic E-state index is 12.7. The molecule has 5 rings (SSSR count). The molecule has 0 unspecified atom stereocenters. The maximum Gasteiger partial charge on any atom is 0.197 e. The highest BCUT2D eigenvalue weighted by Crippen LogP contribution is 2.38. The molecular weight excluding hydrogens is 416 g/mol. The van der Waals surface area contributed by atoms with Crippen molar-refractivity contribution in [2.24, 2.45) is 0 Å². The fourth-order valence-corrected chi connectivity index (χ4v) is 6.13. The second-order valence-electron chi connectivity index (χ2n) is 7.35. The van der Waals surface area contributed by atoms with Crippen molar-refractivity contribution >= 4 is 44.7 Å². The van der Waals surface area contributed by atoms with Crippen molar-refractivity contribution < 1.29 is 9.53 Å². The highest BCUT2D eigenvalue weighted by molar-refractivity contribution is 7.99. The molecule has 0 bridgehead atoms. The van der Waals surface area contributed by atoms with Crippen LogP contribution in [0.25, 0.3) is 15.9 Å². The number of thioether (sulfide) groups is 1. The van der Waals surface area contributed by atoms with Crippen molar-refractivity contribution in [1.29, 1.82) is 0 Å². The predicted molar refractivity (Wildman–Crippen MR) is 120 cm³/mol. The molecule has 0 N–H and O–H groups in total. The summed E-state index contributed by atoms with van der Waals surface area (Å²) in [6, 6.07) is 7.20. The Morgan fingerprint density at radius 3 is 2.77 bits per heavy atom. The number of nitrogens with zero attached hydrogens (tertiary/aromatic N) is 4. The molecular formula is C22H22N4O2S2. The monoisotopic (exact) mass is 438 g/mol. The van der Waals surface area contributed by atoms with E-state index in [2.05, 4.69) is 21.5 Å². The number of hydrogen-bond acceptors (Lipinski definition) is 7. The summed E-state index contributed by atoms with van der Waals surface area (Å²) in [6.07, 6.45) is 5.47. The molecule has 154 valence electrons. The van der Waals surface area contributed by atoms with Gasteiger partial charge in [-0.25, -0.2) is 4.98 Å². The molecule has 0 saturated heterocycles. The number of carbonyl (C=O) groups excluding carboxylic acids is 1. The van der Waals surface area contributed by atoms with Crippen LogP contribution in [0.4, 0.5) is 0 Å². The van der Waals surface area contributed by atoms with E-state index in [1.165, 1.54) is 35.0 Å². The van der Waals surface area contributed by atoms with Crippen LogP contribution in [0.5, 0.6) is 5.75 Å². The third kappa shape index (κ3) is 3.28. The summed E-state index contributed by atoms with van der Waals surface area (Å²) in [4.78, 5) is 20.1. The average Bonchev–Trinajstić information content (AvgIpc) is 3.38.